The standard InChI is InChI=1S/C20H23ClN2O5S/c1-4-23(5-2)29(26,27)18-12-16(10-11-17(18)21)19(24)22-13-14-6-8-15(9-7-14)20(25)28-3/h6-12H,4-5,13H2,1-3H3,(H,22,24). The van der Waals surface area contributed by atoms with Crippen LogP contribution in [0.15, 0.2) is 47.4 Å². The minimum Gasteiger partial charge on any atom is -0.465 e. The van der Waals surface area contributed by atoms with Gasteiger partial charge in [-0.1, -0.05) is 37.6 Å². The van der Waals surface area contributed by atoms with Crippen molar-refractivity contribution < 1.29 is 22.7 Å². The Morgan fingerprint density at radius 2 is 1.62 bits per heavy atom. The largest absolute Gasteiger partial charge is 0.465 e. The monoisotopic (exact) mass is 438 g/mol. The van der Waals surface area contributed by atoms with Crippen LogP contribution < -0.4 is 5.32 Å². The maximum Gasteiger partial charge on any atom is 0.337 e. The average molecular weight is 439 g/mol. The molecule has 7 nitrogen and oxygen atoms in total. The Hall–Kier alpha value is -2.42. The molecule has 2 rings (SSSR count). The van der Waals surface area contributed by atoms with Gasteiger partial charge in [0.15, 0.2) is 0 Å². The van der Waals surface area contributed by atoms with Gasteiger partial charge in [0.25, 0.3) is 5.91 Å². The van der Waals surface area contributed by atoms with Crippen LogP contribution in [0.3, 0.4) is 0 Å². The highest BCUT2D eigenvalue weighted by molar-refractivity contribution is 7.89. The molecule has 0 unspecified atom stereocenters. The van der Waals surface area contributed by atoms with Crippen LogP contribution in [-0.4, -0.2) is 44.8 Å². The number of hydrogen-bond acceptors (Lipinski definition) is 5. The molecule has 0 spiro atoms. The number of rotatable bonds is 8. The number of nitrogens with zero attached hydrogens (tertiary/aromatic N) is 1. The number of sulfonamides is 1. The third-order valence-electron chi connectivity index (χ3n) is 4.34. The van der Waals surface area contributed by atoms with E-state index in [1.54, 1.807) is 38.1 Å². The first kappa shape index (κ1) is 22.9. The Morgan fingerprint density at radius 3 is 2.17 bits per heavy atom. The first-order valence-electron chi connectivity index (χ1n) is 8.99. The van der Waals surface area contributed by atoms with Gasteiger partial charge in [-0.25, -0.2) is 13.2 Å². The molecule has 0 aromatic heterocycles. The van der Waals surface area contributed by atoms with Gasteiger partial charge in [0.05, 0.1) is 17.7 Å². The van der Waals surface area contributed by atoms with E-state index in [2.05, 4.69) is 10.1 Å². The maximum atomic E-state index is 12.8. The number of benzene rings is 2. The molecule has 156 valence electrons. The summed E-state index contributed by atoms with van der Waals surface area (Å²) in [7, 11) is -2.49. The van der Waals surface area contributed by atoms with Crippen molar-refractivity contribution in [2.24, 2.45) is 0 Å². The molecule has 0 fully saturated rings. The van der Waals surface area contributed by atoms with Gasteiger partial charge >= 0.3 is 5.97 Å². The molecule has 0 radical (unpaired) electrons. The summed E-state index contributed by atoms with van der Waals surface area (Å²) >= 11 is 6.09. The van der Waals surface area contributed by atoms with E-state index >= 15 is 0 Å². The van der Waals surface area contributed by atoms with Crippen LogP contribution >= 0.6 is 11.6 Å². The van der Waals surface area contributed by atoms with Gasteiger partial charge < -0.3 is 10.1 Å². The van der Waals surface area contributed by atoms with Crippen LogP contribution in [0.1, 0.15) is 40.1 Å². The van der Waals surface area contributed by atoms with Crippen molar-refractivity contribution >= 4 is 33.5 Å². The quantitative estimate of drug-likeness (QED) is 0.639. The van der Waals surface area contributed by atoms with Gasteiger partial charge in [-0.05, 0) is 35.9 Å². The first-order chi connectivity index (χ1) is 13.7. The van der Waals surface area contributed by atoms with Crippen molar-refractivity contribution in [2.75, 3.05) is 20.2 Å². The maximum absolute atomic E-state index is 12.8. The zero-order valence-corrected chi connectivity index (χ0v) is 18.0. The summed E-state index contributed by atoms with van der Waals surface area (Å²) in [6.45, 7) is 4.27. The second-order valence-electron chi connectivity index (χ2n) is 6.11. The van der Waals surface area contributed by atoms with Crippen LogP contribution in [0.5, 0.6) is 0 Å². The van der Waals surface area contributed by atoms with Gasteiger partial charge in [0, 0.05) is 25.2 Å². The van der Waals surface area contributed by atoms with Gasteiger partial charge in [-0.3, -0.25) is 4.79 Å². The van der Waals surface area contributed by atoms with Gasteiger partial charge in [-0.15, -0.1) is 0 Å². The van der Waals surface area contributed by atoms with Crippen LogP contribution in [0.2, 0.25) is 5.02 Å². The molecule has 0 heterocycles. The smallest absolute Gasteiger partial charge is 0.337 e. The third-order valence-corrected chi connectivity index (χ3v) is 6.88. The predicted molar refractivity (Wildman–Crippen MR) is 111 cm³/mol. The number of carbonyl (C=O) groups is 2. The number of ether oxygens (including phenoxy) is 1. The molecule has 2 aromatic carbocycles. The van der Waals surface area contributed by atoms with E-state index in [4.69, 9.17) is 11.6 Å². The van der Waals surface area contributed by atoms with Crippen LogP contribution in [0.4, 0.5) is 0 Å². The van der Waals surface area contributed by atoms with Crippen molar-refractivity contribution in [3.05, 3.63) is 64.2 Å². The van der Waals surface area contributed by atoms with Crippen molar-refractivity contribution in [2.45, 2.75) is 25.3 Å². The number of nitrogens with one attached hydrogen (secondary N) is 1. The van der Waals surface area contributed by atoms with E-state index in [1.165, 1.54) is 29.6 Å². The molecule has 29 heavy (non-hydrogen) atoms. The molecule has 0 atom stereocenters. The molecule has 9 heteroatoms. The summed E-state index contributed by atoms with van der Waals surface area (Å²) in [5.41, 5.74) is 1.37. The number of hydrogen-bond donors (Lipinski definition) is 1. The van der Waals surface area contributed by atoms with Crippen LogP contribution in [-0.2, 0) is 21.3 Å². The van der Waals surface area contributed by atoms with E-state index in [0.29, 0.717) is 18.7 Å². The molecule has 0 aliphatic heterocycles. The molecule has 0 saturated heterocycles. The van der Waals surface area contributed by atoms with E-state index in [0.717, 1.165) is 5.56 Å². The Labute approximate surface area is 175 Å². The lowest BCUT2D eigenvalue weighted by Gasteiger charge is -2.19. The summed E-state index contributed by atoms with van der Waals surface area (Å²) in [6, 6.07) is 10.8. The van der Waals surface area contributed by atoms with E-state index in [9.17, 15) is 18.0 Å². The fourth-order valence-electron chi connectivity index (χ4n) is 2.71. The number of carbonyl (C=O) groups excluding carboxylic acids is 2. The molecule has 1 amide bonds. The molecule has 0 bridgehead atoms. The van der Waals surface area contributed by atoms with Crippen molar-refractivity contribution in [3.63, 3.8) is 0 Å². The normalized spacial score (nSPS) is 11.3. The van der Waals surface area contributed by atoms with Crippen molar-refractivity contribution in [1.29, 1.82) is 0 Å². The summed E-state index contributed by atoms with van der Waals surface area (Å²) < 4.78 is 31.4. The van der Waals surface area contributed by atoms with Crippen LogP contribution in [0, 0.1) is 0 Å². The van der Waals surface area contributed by atoms with E-state index < -0.39 is 21.9 Å². The van der Waals surface area contributed by atoms with Crippen LogP contribution in [0.25, 0.3) is 0 Å². The lowest BCUT2D eigenvalue weighted by molar-refractivity contribution is 0.0600. The molecule has 0 saturated carbocycles. The van der Waals surface area contributed by atoms with Gasteiger partial charge in [-0.2, -0.15) is 4.31 Å². The number of halogens is 1. The van der Waals surface area contributed by atoms with Gasteiger partial charge in [0.2, 0.25) is 10.0 Å². The minimum absolute atomic E-state index is 0.0619. The van der Waals surface area contributed by atoms with Crippen molar-refractivity contribution in [1.82, 2.24) is 9.62 Å². The van der Waals surface area contributed by atoms with Gasteiger partial charge in [0.1, 0.15) is 4.90 Å². The summed E-state index contributed by atoms with van der Waals surface area (Å²) in [4.78, 5) is 23.9. The zero-order chi connectivity index (χ0) is 21.6. The molecule has 0 aliphatic carbocycles. The van der Waals surface area contributed by atoms with E-state index in [1.807, 2.05) is 0 Å². The summed E-state index contributed by atoms with van der Waals surface area (Å²) in [5, 5.41) is 2.79. The number of methoxy groups -OCH3 is 1. The number of amides is 1. The fraction of sp³-hybridized carbons (Fsp3) is 0.300. The molecular formula is C20H23ClN2O5S. The molecule has 2 aromatic rings. The molecule has 1 N–H and O–H groups in total. The summed E-state index contributed by atoms with van der Waals surface area (Å²) in [6.07, 6.45) is 0. The molecular weight excluding hydrogens is 416 g/mol. The van der Waals surface area contributed by atoms with E-state index in [-0.39, 0.29) is 22.0 Å². The SMILES string of the molecule is CCN(CC)S(=O)(=O)c1cc(C(=O)NCc2ccc(C(=O)OC)cc2)ccc1Cl. The number of esters is 1. The predicted octanol–water partition coefficient (Wildman–Crippen LogP) is 3.09. The Balaban J connectivity index is 2.17. The Bertz CT molecular complexity index is 986. The fourth-order valence-corrected chi connectivity index (χ4v) is 4.66. The highest BCUT2D eigenvalue weighted by atomic mass is 35.5. The minimum atomic E-state index is -3.79. The Morgan fingerprint density at radius 1 is 1.03 bits per heavy atom. The second kappa shape index (κ2) is 9.87. The third kappa shape index (κ3) is 5.35. The first-order valence-corrected chi connectivity index (χ1v) is 10.8. The Kier molecular flexibility index (Phi) is 7.78. The lowest BCUT2D eigenvalue weighted by atomic mass is 10.1. The highest BCUT2D eigenvalue weighted by Gasteiger charge is 2.25. The summed E-state index contributed by atoms with van der Waals surface area (Å²) in [5.74, 6) is -0.876. The topological polar surface area (TPSA) is 92.8 Å². The highest BCUT2D eigenvalue weighted by Crippen LogP contribution is 2.26. The lowest BCUT2D eigenvalue weighted by Crippen LogP contribution is -2.31. The zero-order valence-electron chi connectivity index (χ0n) is 16.4. The molecule has 0 aliphatic rings. The second-order valence-corrected chi connectivity index (χ2v) is 8.42. The average Bonchev–Trinajstić information content (AvgIpc) is 2.72. The van der Waals surface area contributed by atoms with Crippen molar-refractivity contribution in [3.8, 4) is 0 Å².